The van der Waals surface area contributed by atoms with Gasteiger partial charge in [0, 0.05) is 11.8 Å². The molecule has 1 aromatic rings. The SMILES string of the molecule is COC(=O)Cc1ccnc(C#N)c1O. The minimum atomic E-state index is -0.476. The fourth-order valence-electron chi connectivity index (χ4n) is 0.946. The lowest BCUT2D eigenvalue weighted by Crippen LogP contribution is -2.05. The van der Waals surface area contributed by atoms with E-state index in [4.69, 9.17) is 5.26 Å². The predicted molar refractivity (Wildman–Crippen MR) is 46.3 cm³/mol. The molecule has 0 atom stereocenters. The minimum absolute atomic E-state index is 0.0699. The zero-order valence-corrected chi connectivity index (χ0v) is 7.52. The summed E-state index contributed by atoms with van der Waals surface area (Å²) in [6.07, 6.45) is 1.29. The van der Waals surface area contributed by atoms with Crippen LogP contribution in [0, 0.1) is 11.3 Å². The Kier molecular flexibility index (Phi) is 3.02. The number of nitrogens with zero attached hydrogens (tertiary/aromatic N) is 2. The number of hydrogen-bond acceptors (Lipinski definition) is 5. The number of carbonyl (C=O) groups excluding carboxylic acids is 1. The number of pyridine rings is 1. The largest absolute Gasteiger partial charge is 0.505 e. The van der Waals surface area contributed by atoms with Crippen LogP contribution in [0.3, 0.4) is 0 Å². The summed E-state index contributed by atoms with van der Waals surface area (Å²) >= 11 is 0. The third-order valence-corrected chi connectivity index (χ3v) is 1.68. The number of aromatic hydroxyl groups is 1. The van der Waals surface area contributed by atoms with Gasteiger partial charge in [-0.15, -0.1) is 0 Å². The van der Waals surface area contributed by atoms with Crippen molar-refractivity contribution in [1.29, 1.82) is 5.26 Å². The van der Waals surface area contributed by atoms with Crippen molar-refractivity contribution in [3.8, 4) is 11.8 Å². The molecule has 0 aliphatic heterocycles. The first-order chi connectivity index (χ1) is 6.69. The molecule has 0 bridgehead atoms. The quantitative estimate of drug-likeness (QED) is 0.684. The monoisotopic (exact) mass is 192 g/mol. The molecule has 1 heterocycles. The summed E-state index contributed by atoms with van der Waals surface area (Å²) in [5.41, 5.74) is 0.245. The average Bonchev–Trinajstić information content (AvgIpc) is 2.21. The van der Waals surface area contributed by atoms with Gasteiger partial charge in [-0.1, -0.05) is 0 Å². The van der Waals surface area contributed by atoms with E-state index in [0.29, 0.717) is 5.56 Å². The average molecular weight is 192 g/mol. The zero-order valence-electron chi connectivity index (χ0n) is 7.52. The first-order valence-electron chi connectivity index (χ1n) is 3.82. The fourth-order valence-corrected chi connectivity index (χ4v) is 0.946. The maximum atomic E-state index is 10.9. The lowest BCUT2D eigenvalue weighted by Gasteiger charge is -2.02. The van der Waals surface area contributed by atoms with Crippen molar-refractivity contribution in [1.82, 2.24) is 4.98 Å². The first kappa shape index (κ1) is 9.99. The minimum Gasteiger partial charge on any atom is -0.505 e. The molecular weight excluding hydrogens is 184 g/mol. The van der Waals surface area contributed by atoms with Crippen LogP contribution in [0.5, 0.6) is 5.75 Å². The summed E-state index contributed by atoms with van der Waals surface area (Å²) in [4.78, 5) is 14.5. The molecule has 0 spiro atoms. The molecule has 0 aliphatic carbocycles. The molecule has 0 unspecified atom stereocenters. The number of ether oxygens (including phenoxy) is 1. The van der Waals surface area contributed by atoms with E-state index in [1.54, 1.807) is 6.07 Å². The molecule has 0 fully saturated rings. The Morgan fingerprint density at radius 3 is 3.07 bits per heavy atom. The van der Waals surface area contributed by atoms with E-state index in [-0.39, 0.29) is 17.9 Å². The molecule has 1 rings (SSSR count). The molecule has 72 valence electrons. The molecule has 1 N–H and O–H groups in total. The maximum absolute atomic E-state index is 10.9. The highest BCUT2D eigenvalue weighted by molar-refractivity contribution is 5.73. The summed E-state index contributed by atoms with van der Waals surface area (Å²) in [6.45, 7) is 0. The van der Waals surface area contributed by atoms with Crippen molar-refractivity contribution >= 4 is 5.97 Å². The summed E-state index contributed by atoms with van der Waals surface area (Å²) in [7, 11) is 1.26. The van der Waals surface area contributed by atoms with Gasteiger partial charge in [-0.05, 0) is 6.07 Å². The van der Waals surface area contributed by atoms with Crippen molar-refractivity contribution < 1.29 is 14.6 Å². The summed E-state index contributed by atoms with van der Waals surface area (Å²) in [5.74, 6) is -0.740. The van der Waals surface area contributed by atoms with Gasteiger partial charge in [-0.3, -0.25) is 4.79 Å². The zero-order chi connectivity index (χ0) is 10.6. The van der Waals surface area contributed by atoms with E-state index in [2.05, 4.69) is 9.72 Å². The second-order valence-electron chi connectivity index (χ2n) is 2.53. The predicted octanol–water partition coefficient (Wildman–Crippen LogP) is 0.374. The van der Waals surface area contributed by atoms with Crippen molar-refractivity contribution in [2.75, 3.05) is 7.11 Å². The number of rotatable bonds is 2. The summed E-state index contributed by atoms with van der Waals surface area (Å²) in [6, 6.07) is 3.18. The Balaban J connectivity index is 2.99. The lowest BCUT2D eigenvalue weighted by atomic mass is 10.1. The van der Waals surface area contributed by atoms with Crippen molar-refractivity contribution in [3.05, 3.63) is 23.5 Å². The molecule has 0 aromatic carbocycles. The Hall–Kier alpha value is -2.09. The Labute approximate surface area is 80.6 Å². The molecule has 0 radical (unpaired) electrons. The molecule has 5 heteroatoms. The molecule has 0 amide bonds. The molecule has 0 saturated heterocycles. The Morgan fingerprint density at radius 1 is 1.79 bits per heavy atom. The number of carbonyl (C=O) groups is 1. The van der Waals surface area contributed by atoms with Gasteiger partial charge >= 0.3 is 5.97 Å². The van der Waals surface area contributed by atoms with Crippen LogP contribution in [0.2, 0.25) is 0 Å². The number of hydrogen-bond donors (Lipinski definition) is 1. The third kappa shape index (κ3) is 1.98. The molecular formula is C9H8N2O3. The van der Waals surface area contributed by atoms with Gasteiger partial charge in [0.1, 0.15) is 6.07 Å². The normalized spacial score (nSPS) is 9.14. The number of methoxy groups -OCH3 is 1. The Morgan fingerprint density at radius 2 is 2.50 bits per heavy atom. The fraction of sp³-hybridized carbons (Fsp3) is 0.222. The maximum Gasteiger partial charge on any atom is 0.310 e. The van der Waals surface area contributed by atoms with Crippen LogP contribution in [-0.4, -0.2) is 23.2 Å². The standard InChI is InChI=1S/C9H8N2O3/c1-14-8(12)4-6-2-3-11-7(5-10)9(6)13/h2-3,13H,4H2,1H3. The van der Waals surface area contributed by atoms with E-state index >= 15 is 0 Å². The highest BCUT2D eigenvalue weighted by Crippen LogP contribution is 2.19. The van der Waals surface area contributed by atoms with E-state index < -0.39 is 5.97 Å². The summed E-state index contributed by atoms with van der Waals surface area (Å²) < 4.78 is 4.43. The van der Waals surface area contributed by atoms with Crippen LogP contribution < -0.4 is 0 Å². The number of nitriles is 1. The smallest absolute Gasteiger partial charge is 0.310 e. The van der Waals surface area contributed by atoms with Gasteiger partial charge in [-0.2, -0.15) is 5.26 Å². The van der Waals surface area contributed by atoms with Crippen LogP contribution in [0.15, 0.2) is 12.3 Å². The Bertz CT molecular complexity index is 396. The second kappa shape index (κ2) is 4.23. The second-order valence-corrected chi connectivity index (χ2v) is 2.53. The molecule has 0 aliphatic rings. The van der Waals surface area contributed by atoms with E-state index in [1.165, 1.54) is 19.4 Å². The number of aromatic nitrogens is 1. The van der Waals surface area contributed by atoms with Crippen molar-refractivity contribution in [2.45, 2.75) is 6.42 Å². The lowest BCUT2D eigenvalue weighted by molar-refractivity contribution is -0.139. The topological polar surface area (TPSA) is 83.2 Å². The highest BCUT2D eigenvalue weighted by atomic mass is 16.5. The van der Waals surface area contributed by atoms with Crippen LogP contribution in [-0.2, 0) is 16.0 Å². The molecule has 14 heavy (non-hydrogen) atoms. The summed E-state index contributed by atoms with van der Waals surface area (Å²) in [5, 5.41) is 18.0. The number of esters is 1. The molecule has 5 nitrogen and oxygen atoms in total. The van der Waals surface area contributed by atoms with Gasteiger partial charge in [0.05, 0.1) is 13.5 Å². The molecule has 0 saturated carbocycles. The van der Waals surface area contributed by atoms with Crippen LogP contribution >= 0.6 is 0 Å². The van der Waals surface area contributed by atoms with Crippen molar-refractivity contribution in [3.63, 3.8) is 0 Å². The van der Waals surface area contributed by atoms with E-state index in [0.717, 1.165) is 0 Å². The van der Waals surface area contributed by atoms with Crippen LogP contribution in [0.1, 0.15) is 11.3 Å². The van der Waals surface area contributed by atoms with Crippen molar-refractivity contribution in [2.24, 2.45) is 0 Å². The first-order valence-corrected chi connectivity index (χ1v) is 3.82. The van der Waals surface area contributed by atoms with E-state index in [1.807, 2.05) is 0 Å². The van der Waals surface area contributed by atoms with Gasteiger partial charge < -0.3 is 9.84 Å². The van der Waals surface area contributed by atoms with Gasteiger partial charge in [0.15, 0.2) is 11.4 Å². The highest BCUT2D eigenvalue weighted by Gasteiger charge is 2.11. The van der Waals surface area contributed by atoms with Gasteiger partial charge in [-0.25, -0.2) is 4.98 Å². The van der Waals surface area contributed by atoms with Gasteiger partial charge in [0.25, 0.3) is 0 Å². The molecule has 1 aromatic heterocycles. The van der Waals surface area contributed by atoms with Crippen LogP contribution in [0.4, 0.5) is 0 Å². The van der Waals surface area contributed by atoms with Crippen LogP contribution in [0.25, 0.3) is 0 Å². The third-order valence-electron chi connectivity index (χ3n) is 1.68. The van der Waals surface area contributed by atoms with Gasteiger partial charge in [0.2, 0.25) is 0 Å². The van der Waals surface area contributed by atoms with E-state index in [9.17, 15) is 9.90 Å².